The van der Waals surface area contributed by atoms with E-state index in [1.165, 1.54) is 6.92 Å². The minimum atomic E-state index is -1.44. The van der Waals surface area contributed by atoms with Crippen LogP contribution >= 0.6 is 0 Å². The summed E-state index contributed by atoms with van der Waals surface area (Å²) in [6.45, 7) is 10.3. The standard InChI is InChI=1S/C32H42N2O13/c1-16(2)27-24(14-22-10-11-23(13-17(22)3)41-12-8-9-26(39)40)31(34-33-27)47-32-30(45-21(7)38)29(44-20(6)37)28(43-19(5)36)25(46-32)15-42-18(4)35/h10-11,13,16,25,28-30,32H,8-9,12,14-15H2,1-7H3,(H,33,34)(H,39,40)/t25-,28+,29+,30-,32+/m1/s1. The van der Waals surface area contributed by atoms with Crippen molar-refractivity contribution in [2.45, 2.75) is 104 Å². The number of carboxylic acids is 1. The van der Waals surface area contributed by atoms with Gasteiger partial charge in [-0.3, -0.25) is 29.1 Å². The van der Waals surface area contributed by atoms with Gasteiger partial charge in [-0.25, -0.2) is 0 Å². The summed E-state index contributed by atoms with van der Waals surface area (Å²) >= 11 is 0. The summed E-state index contributed by atoms with van der Waals surface area (Å²) < 4.78 is 39.7. The Hall–Kier alpha value is -4.66. The molecule has 0 radical (unpaired) electrons. The maximum Gasteiger partial charge on any atom is 0.303 e. The highest BCUT2D eigenvalue weighted by Crippen LogP contribution is 2.34. The van der Waals surface area contributed by atoms with E-state index in [0.717, 1.165) is 37.6 Å². The monoisotopic (exact) mass is 662 g/mol. The van der Waals surface area contributed by atoms with E-state index in [9.17, 15) is 24.0 Å². The number of nitrogens with one attached hydrogen (secondary N) is 1. The van der Waals surface area contributed by atoms with E-state index >= 15 is 0 Å². The predicted molar refractivity (Wildman–Crippen MR) is 162 cm³/mol. The first-order chi connectivity index (χ1) is 22.2. The van der Waals surface area contributed by atoms with E-state index in [4.69, 9.17) is 38.3 Å². The van der Waals surface area contributed by atoms with Gasteiger partial charge in [-0.2, -0.15) is 0 Å². The van der Waals surface area contributed by atoms with Crippen molar-refractivity contribution in [3.05, 3.63) is 40.6 Å². The first kappa shape index (κ1) is 36.8. The number of aromatic nitrogens is 2. The minimum absolute atomic E-state index is 0.0117. The first-order valence-electron chi connectivity index (χ1n) is 15.1. The number of benzene rings is 1. The number of carbonyl (C=O) groups excluding carboxylic acids is 4. The molecule has 0 spiro atoms. The number of H-pyrrole nitrogens is 1. The lowest BCUT2D eigenvalue weighted by atomic mass is 9.96. The molecule has 15 nitrogen and oxygen atoms in total. The molecule has 1 aliphatic rings. The lowest BCUT2D eigenvalue weighted by molar-refractivity contribution is -0.289. The Morgan fingerprint density at radius 1 is 0.936 bits per heavy atom. The largest absolute Gasteiger partial charge is 0.494 e. The smallest absolute Gasteiger partial charge is 0.303 e. The van der Waals surface area contributed by atoms with E-state index in [1.54, 1.807) is 6.07 Å². The molecule has 5 atom stereocenters. The Kier molecular flexibility index (Phi) is 13.1. The third-order valence-electron chi connectivity index (χ3n) is 7.10. The van der Waals surface area contributed by atoms with Crippen molar-refractivity contribution in [1.82, 2.24) is 10.2 Å². The molecule has 1 aromatic heterocycles. The van der Waals surface area contributed by atoms with Crippen molar-refractivity contribution in [3.63, 3.8) is 0 Å². The second-order valence-electron chi connectivity index (χ2n) is 11.4. The van der Waals surface area contributed by atoms with Gasteiger partial charge in [-0.15, -0.1) is 5.10 Å². The summed E-state index contributed by atoms with van der Waals surface area (Å²) in [5, 5.41) is 16.2. The lowest BCUT2D eigenvalue weighted by Gasteiger charge is -2.43. The number of carbonyl (C=O) groups is 5. The molecule has 2 aromatic rings. The number of nitrogens with zero attached hydrogens (tertiary/aromatic N) is 1. The van der Waals surface area contributed by atoms with Gasteiger partial charge >= 0.3 is 29.8 Å². The van der Waals surface area contributed by atoms with Gasteiger partial charge in [-0.05, 0) is 42.5 Å². The van der Waals surface area contributed by atoms with E-state index in [2.05, 4.69) is 10.2 Å². The van der Waals surface area contributed by atoms with Crippen LogP contribution in [0.2, 0.25) is 0 Å². The zero-order chi connectivity index (χ0) is 34.8. The molecule has 0 aliphatic carbocycles. The Bertz CT molecular complexity index is 1440. The molecular formula is C32H42N2O13. The highest BCUT2D eigenvalue weighted by molar-refractivity contribution is 5.69. The number of ether oxygens (including phenoxy) is 7. The van der Waals surface area contributed by atoms with Crippen molar-refractivity contribution < 1.29 is 62.2 Å². The molecule has 15 heteroatoms. The molecule has 2 N–H and O–H groups in total. The SMILES string of the molecule is CC(=O)OC[C@H]1O[C@@H](Oc2n[nH]c(C(C)C)c2Cc2ccc(OCCCC(=O)O)cc2C)[C@H](OC(C)=O)[C@@H](OC(C)=O)[C@H]1OC(C)=O. The molecule has 0 amide bonds. The molecule has 0 unspecified atom stereocenters. The van der Waals surface area contributed by atoms with Gasteiger partial charge in [0.1, 0.15) is 18.5 Å². The van der Waals surface area contributed by atoms with Crippen molar-refractivity contribution >= 4 is 29.8 Å². The van der Waals surface area contributed by atoms with E-state index in [1.807, 2.05) is 32.9 Å². The van der Waals surface area contributed by atoms with Gasteiger partial charge < -0.3 is 38.3 Å². The Morgan fingerprint density at radius 3 is 2.15 bits per heavy atom. The molecular weight excluding hydrogens is 620 g/mol. The first-order valence-corrected chi connectivity index (χ1v) is 15.1. The third-order valence-corrected chi connectivity index (χ3v) is 7.10. The molecule has 258 valence electrons. The average Bonchev–Trinajstić information content (AvgIpc) is 3.36. The second kappa shape index (κ2) is 16.8. The Morgan fingerprint density at radius 2 is 1.57 bits per heavy atom. The van der Waals surface area contributed by atoms with Crippen molar-refractivity contribution in [1.29, 1.82) is 0 Å². The van der Waals surface area contributed by atoms with Crippen LogP contribution in [0.1, 0.15) is 82.7 Å². The molecule has 0 bridgehead atoms. The fourth-order valence-corrected chi connectivity index (χ4v) is 5.06. The van der Waals surface area contributed by atoms with Gasteiger partial charge in [0.25, 0.3) is 0 Å². The topological polar surface area (TPSA) is 199 Å². The van der Waals surface area contributed by atoms with Crippen molar-refractivity contribution in [3.8, 4) is 11.6 Å². The van der Waals surface area contributed by atoms with E-state index in [-0.39, 0.29) is 24.8 Å². The van der Waals surface area contributed by atoms with Gasteiger partial charge in [-0.1, -0.05) is 19.9 Å². The van der Waals surface area contributed by atoms with Gasteiger partial charge in [0.2, 0.25) is 18.3 Å². The van der Waals surface area contributed by atoms with Crippen LogP contribution in [0.25, 0.3) is 0 Å². The average molecular weight is 663 g/mol. The number of carboxylic acid groups (broad SMARTS) is 1. The number of aryl methyl sites for hydroxylation is 1. The summed E-state index contributed by atoms with van der Waals surface area (Å²) in [7, 11) is 0. The maximum absolute atomic E-state index is 12.2. The summed E-state index contributed by atoms with van der Waals surface area (Å²) in [5.41, 5.74) is 3.25. The van der Waals surface area contributed by atoms with Crippen LogP contribution in [0.15, 0.2) is 18.2 Å². The molecule has 3 rings (SSSR count). The summed E-state index contributed by atoms with van der Waals surface area (Å²) in [4.78, 5) is 58.9. The molecule has 0 saturated carbocycles. The number of esters is 4. The molecule has 47 heavy (non-hydrogen) atoms. The number of rotatable bonds is 15. The number of aliphatic carboxylic acids is 1. The number of hydrogen-bond donors (Lipinski definition) is 2. The fraction of sp³-hybridized carbons (Fsp3) is 0.562. The van der Waals surface area contributed by atoms with Crippen LogP contribution in [0, 0.1) is 6.92 Å². The maximum atomic E-state index is 12.2. The van der Waals surface area contributed by atoms with Crippen molar-refractivity contribution in [2.75, 3.05) is 13.2 Å². The zero-order valence-electron chi connectivity index (χ0n) is 27.5. The molecule has 1 aliphatic heterocycles. The Balaban J connectivity index is 1.97. The normalized spacial score (nSPS) is 20.6. The van der Waals surface area contributed by atoms with Crippen LogP contribution in [0.5, 0.6) is 11.6 Å². The second-order valence-corrected chi connectivity index (χ2v) is 11.4. The van der Waals surface area contributed by atoms with Gasteiger partial charge in [0, 0.05) is 51.8 Å². The zero-order valence-corrected chi connectivity index (χ0v) is 27.5. The van der Waals surface area contributed by atoms with E-state index in [0.29, 0.717) is 24.2 Å². The van der Waals surface area contributed by atoms with Crippen LogP contribution in [0.3, 0.4) is 0 Å². The summed E-state index contributed by atoms with van der Waals surface area (Å²) in [6, 6.07) is 5.53. The van der Waals surface area contributed by atoms with Crippen LogP contribution in [-0.4, -0.2) is 89.1 Å². The molecule has 1 fully saturated rings. The molecule has 1 aromatic carbocycles. The number of hydrogen-bond acceptors (Lipinski definition) is 13. The Labute approximate surface area is 272 Å². The third kappa shape index (κ3) is 10.7. The quantitative estimate of drug-likeness (QED) is 0.160. The van der Waals surface area contributed by atoms with Crippen molar-refractivity contribution in [2.24, 2.45) is 0 Å². The van der Waals surface area contributed by atoms with Gasteiger partial charge in [0.05, 0.1) is 6.61 Å². The summed E-state index contributed by atoms with van der Waals surface area (Å²) in [5.74, 6) is -3.08. The summed E-state index contributed by atoms with van der Waals surface area (Å²) in [6.07, 6.45) is -6.01. The highest BCUT2D eigenvalue weighted by atomic mass is 16.7. The predicted octanol–water partition coefficient (Wildman–Crippen LogP) is 3.14. The van der Waals surface area contributed by atoms with Crippen LogP contribution in [-0.2, 0) is 54.1 Å². The van der Waals surface area contributed by atoms with Gasteiger partial charge in [0.15, 0.2) is 12.2 Å². The van der Waals surface area contributed by atoms with Crippen LogP contribution < -0.4 is 9.47 Å². The molecule has 1 saturated heterocycles. The lowest BCUT2D eigenvalue weighted by Crippen LogP contribution is -2.63. The number of aromatic amines is 1. The van der Waals surface area contributed by atoms with E-state index < -0.39 is 67.2 Å². The van der Waals surface area contributed by atoms with Crippen LogP contribution in [0.4, 0.5) is 0 Å². The highest BCUT2D eigenvalue weighted by Gasteiger charge is 2.53. The fourth-order valence-electron chi connectivity index (χ4n) is 5.06. The minimum Gasteiger partial charge on any atom is -0.494 e. The molecule has 2 heterocycles.